The Morgan fingerprint density at radius 1 is 1.30 bits per heavy atom. The van der Waals surface area contributed by atoms with Crippen molar-refractivity contribution < 1.29 is 0 Å². The van der Waals surface area contributed by atoms with E-state index in [0.29, 0.717) is 6.04 Å². The first-order valence-electron chi connectivity index (χ1n) is 7.14. The van der Waals surface area contributed by atoms with E-state index in [9.17, 15) is 0 Å². The van der Waals surface area contributed by atoms with Gasteiger partial charge >= 0.3 is 0 Å². The Labute approximate surface area is 128 Å². The molecule has 0 spiro atoms. The zero-order valence-electron chi connectivity index (χ0n) is 11.6. The number of rotatable bonds is 5. The quantitative estimate of drug-likeness (QED) is 0.894. The smallest absolute Gasteiger partial charge is 0.203 e. The minimum absolute atomic E-state index is 0.552. The molecule has 0 amide bonds. The van der Waals surface area contributed by atoms with Crippen LogP contribution in [0.15, 0.2) is 30.3 Å². The van der Waals surface area contributed by atoms with Crippen molar-refractivity contribution in [3.63, 3.8) is 0 Å². The van der Waals surface area contributed by atoms with Gasteiger partial charge in [-0.25, -0.2) is 0 Å². The van der Waals surface area contributed by atoms with Gasteiger partial charge < -0.3 is 5.32 Å². The van der Waals surface area contributed by atoms with Gasteiger partial charge in [0.2, 0.25) is 5.13 Å². The number of thioether (sulfide) groups is 1. The maximum Gasteiger partial charge on any atom is 0.203 e. The molecule has 1 aliphatic carbocycles. The summed E-state index contributed by atoms with van der Waals surface area (Å²) in [5.74, 6) is 2.02. The van der Waals surface area contributed by atoms with E-state index < -0.39 is 0 Å². The van der Waals surface area contributed by atoms with Crippen LogP contribution >= 0.6 is 23.3 Å². The molecule has 1 aromatic heterocycles. The molecule has 0 radical (unpaired) electrons. The van der Waals surface area contributed by atoms with Gasteiger partial charge in [-0.05, 0) is 18.6 Å². The molecular weight excluding hydrogens is 286 g/mol. The minimum Gasteiger partial charge on any atom is -0.356 e. The highest BCUT2D eigenvalue weighted by molar-refractivity contribution is 7.99. The second-order valence-electron chi connectivity index (χ2n) is 4.96. The van der Waals surface area contributed by atoms with Crippen molar-refractivity contribution >= 4 is 28.4 Å². The number of benzene rings is 1. The van der Waals surface area contributed by atoms with Crippen LogP contribution in [-0.2, 0) is 0 Å². The molecule has 1 fully saturated rings. The third-order valence-corrected chi connectivity index (χ3v) is 5.57. The molecule has 2 aromatic rings. The highest BCUT2D eigenvalue weighted by Gasteiger charge is 2.27. The van der Waals surface area contributed by atoms with Crippen molar-refractivity contribution in [2.24, 2.45) is 0 Å². The number of nitrogens with one attached hydrogen (secondary N) is 1. The maximum atomic E-state index is 4.63. The third-order valence-electron chi connectivity index (χ3n) is 3.60. The Hall–Kier alpha value is -1.07. The topological polar surface area (TPSA) is 37.8 Å². The van der Waals surface area contributed by atoms with Gasteiger partial charge in [0.1, 0.15) is 0 Å². The van der Waals surface area contributed by atoms with Gasteiger partial charge in [-0.1, -0.05) is 43.7 Å². The Kier molecular flexibility index (Phi) is 4.58. The lowest BCUT2D eigenvalue weighted by molar-refractivity contribution is 0.766. The lowest BCUT2D eigenvalue weighted by atomic mass is 10.2. The second-order valence-corrected chi connectivity index (χ2v) is 7.23. The summed E-state index contributed by atoms with van der Waals surface area (Å²) in [6.07, 6.45) is 3.89. The SMILES string of the molecule is CCSC1CCCC1Nc1nc(-c2ccccc2)ns1. The van der Waals surface area contributed by atoms with E-state index in [-0.39, 0.29) is 0 Å². The summed E-state index contributed by atoms with van der Waals surface area (Å²) < 4.78 is 4.46. The standard InChI is InChI=1S/C15H19N3S2/c1-2-19-13-10-6-9-12(13)16-15-17-14(18-20-15)11-7-4-3-5-8-11/h3-5,7-8,12-13H,2,6,9-10H2,1H3,(H,16,17,18). The molecule has 1 aliphatic rings. The number of aromatic nitrogens is 2. The Morgan fingerprint density at radius 2 is 2.15 bits per heavy atom. The average Bonchev–Trinajstić information content (AvgIpc) is 3.11. The van der Waals surface area contributed by atoms with Crippen LogP contribution in [0.5, 0.6) is 0 Å². The average molecular weight is 305 g/mol. The second kappa shape index (κ2) is 6.59. The maximum absolute atomic E-state index is 4.63. The van der Waals surface area contributed by atoms with Crippen molar-refractivity contribution in [2.45, 2.75) is 37.5 Å². The number of anilines is 1. The fraction of sp³-hybridized carbons (Fsp3) is 0.467. The lowest BCUT2D eigenvalue weighted by Gasteiger charge is -2.19. The Bertz CT molecular complexity index is 541. The molecule has 0 saturated heterocycles. The normalized spacial score (nSPS) is 22.1. The first-order chi connectivity index (χ1) is 9.86. The molecule has 0 bridgehead atoms. The van der Waals surface area contributed by atoms with Crippen LogP contribution in [0.25, 0.3) is 11.4 Å². The molecule has 20 heavy (non-hydrogen) atoms. The molecule has 1 N–H and O–H groups in total. The van der Waals surface area contributed by atoms with Crippen LogP contribution in [0.1, 0.15) is 26.2 Å². The van der Waals surface area contributed by atoms with Crippen molar-refractivity contribution in [3.05, 3.63) is 30.3 Å². The molecule has 0 aliphatic heterocycles. The van der Waals surface area contributed by atoms with E-state index in [1.165, 1.54) is 36.5 Å². The third kappa shape index (κ3) is 3.15. The van der Waals surface area contributed by atoms with Crippen LogP contribution in [0.3, 0.4) is 0 Å². The summed E-state index contributed by atoms with van der Waals surface area (Å²) in [4.78, 5) is 4.63. The summed E-state index contributed by atoms with van der Waals surface area (Å²) in [6, 6.07) is 10.7. The van der Waals surface area contributed by atoms with E-state index in [1.807, 2.05) is 18.2 Å². The van der Waals surface area contributed by atoms with Crippen molar-refractivity contribution in [3.8, 4) is 11.4 Å². The summed E-state index contributed by atoms with van der Waals surface area (Å²) in [5, 5.41) is 5.27. The van der Waals surface area contributed by atoms with E-state index in [0.717, 1.165) is 21.8 Å². The zero-order valence-corrected chi connectivity index (χ0v) is 13.2. The van der Waals surface area contributed by atoms with Crippen LogP contribution in [-0.4, -0.2) is 26.4 Å². The fourth-order valence-electron chi connectivity index (χ4n) is 2.65. The van der Waals surface area contributed by atoms with Gasteiger partial charge in [0, 0.05) is 28.4 Å². The van der Waals surface area contributed by atoms with Gasteiger partial charge in [-0.15, -0.1) is 0 Å². The molecule has 1 aromatic carbocycles. The van der Waals surface area contributed by atoms with Gasteiger partial charge in [0.05, 0.1) is 0 Å². The van der Waals surface area contributed by atoms with Crippen molar-refractivity contribution in [1.29, 1.82) is 0 Å². The lowest BCUT2D eigenvalue weighted by Crippen LogP contribution is -2.26. The largest absolute Gasteiger partial charge is 0.356 e. The highest BCUT2D eigenvalue weighted by atomic mass is 32.2. The molecule has 2 atom stereocenters. The predicted octanol–water partition coefficient (Wildman–Crippen LogP) is 4.29. The number of hydrogen-bond acceptors (Lipinski definition) is 5. The van der Waals surface area contributed by atoms with Crippen molar-refractivity contribution in [2.75, 3.05) is 11.1 Å². The minimum atomic E-state index is 0.552. The first kappa shape index (κ1) is 13.9. The van der Waals surface area contributed by atoms with E-state index in [1.54, 1.807) is 0 Å². The molecule has 106 valence electrons. The van der Waals surface area contributed by atoms with Crippen LogP contribution < -0.4 is 5.32 Å². The van der Waals surface area contributed by atoms with Crippen LogP contribution in [0, 0.1) is 0 Å². The Morgan fingerprint density at radius 3 is 2.95 bits per heavy atom. The molecule has 5 heteroatoms. The Balaban J connectivity index is 1.68. The number of nitrogens with zero attached hydrogens (tertiary/aromatic N) is 2. The van der Waals surface area contributed by atoms with Gasteiger partial charge in [0.15, 0.2) is 5.82 Å². The summed E-state index contributed by atoms with van der Waals surface area (Å²) in [7, 11) is 0. The summed E-state index contributed by atoms with van der Waals surface area (Å²) in [6.45, 7) is 2.23. The monoisotopic (exact) mass is 305 g/mol. The zero-order chi connectivity index (χ0) is 13.8. The van der Waals surface area contributed by atoms with Gasteiger partial charge in [-0.2, -0.15) is 21.1 Å². The highest BCUT2D eigenvalue weighted by Crippen LogP contribution is 2.32. The summed E-state index contributed by atoms with van der Waals surface area (Å²) >= 11 is 3.53. The molecule has 1 heterocycles. The molecule has 1 saturated carbocycles. The predicted molar refractivity (Wildman–Crippen MR) is 88.5 cm³/mol. The van der Waals surface area contributed by atoms with Crippen LogP contribution in [0.4, 0.5) is 5.13 Å². The molecule has 3 nitrogen and oxygen atoms in total. The van der Waals surface area contributed by atoms with Gasteiger partial charge in [0.25, 0.3) is 0 Å². The van der Waals surface area contributed by atoms with E-state index >= 15 is 0 Å². The molecule has 3 rings (SSSR count). The molecule has 2 unspecified atom stereocenters. The summed E-state index contributed by atoms with van der Waals surface area (Å²) in [5.41, 5.74) is 1.09. The number of hydrogen-bond donors (Lipinski definition) is 1. The van der Waals surface area contributed by atoms with Gasteiger partial charge in [-0.3, -0.25) is 0 Å². The first-order valence-corrected chi connectivity index (χ1v) is 8.96. The fourth-order valence-corrected chi connectivity index (χ4v) is 4.50. The molecular formula is C15H19N3S2. The van der Waals surface area contributed by atoms with E-state index in [4.69, 9.17) is 0 Å². The van der Waals surface area contributed by atoms with Crippen LogP contribution in [0.2, 0.25) is 0 Å². The van der Waals surface area contributed by atoms with E-state index in [2.05, 4.69) is 45.5 Å². The van der Waals surface area contributed by atoms with Crippen molar-refractivity contribution in [1.82, 2.24) is 9.36 Å².